The van der Waals surface area contributed by atoms with Crippen LogP contribution in [-0.4, -0.2) is 26.7 Å². The molecule has 0 amide bonds. The van der Waals surface area contributed by atoms with E-state index >= 15 is 0 Å². The highest BCUT2D eigenvalue weighted by Crippen LogP contribution is 2.15. The highest BCUT2D eigenvalue weighted by Gasteiger charge is 2.17. The molecule has 0 spiro atoms. The average Bonchev–Trinajstić information content (AvgIpc) is 2.32. The third-order valence-electron chi connectivity index (χ3n) is 2.15. The van der Waals surface area contributed by atoms with E-state index in [9.17, 15) is 9.59 Å². The molecule has 1 rings (SSSR count). The number of hydrogen-bond acceptors (Lipinski definition) is 2. The van der Waals surface area contributed by atoms with Gasteiger partial charge in [-0.1, -0.05) is 0 Å². The van der Waals surface area contributed by atoms with Crippen molar-refractivity contribution in [1.82, 2.24) is 4.57 Å². The quantitative estimate of drug-likeness (QED) is 0.745. The number of carbonyl (C=O) groups is 2. The molecule has 5 nitrogen and oxygen atoms in total. The zero-order valence-electron chi connectivity index (χ0n) is 7.94. The van der Waals surface area contributed by atoms with Gasteiger partial charge in [0.1, 0.15) is 0 Å². The smallest absolute Gasteiger partial charge is 0.337 e. The number of carboxylic acids is 2. The van der Waals surface area contributed by atoms with Crippen LogP contribution in [0.4, 0.5) is 0 Å². The topological polar surface area (TPSA) is 79.5 Å². The van der Waals surface area contributed by atoms with Crippen molar-refractivity contribution in [2.45, 2.75) is 13.3 Å². The number of rotatable bonds is 3. The molecule has 1 aromatic rings. The van der Waals surface area contributed by atoms with Crippen LogP contribution in [-0.2, 0) is 18.3 Å². The first-order valence-electron chi connectivity index (χ1n) is 4.03. The van der Waals surface area contributed by atoms with Crippen LogP contribution in [0.25, 0.3) is 0 Å². The summed E-state index contributed by atoms with van der Waals surface area (Å²) in [4.78, 5) is 21.3. The second-order valence-corrected chi connectivity index (χ2v) is 3.08. The summed E-state index contributed by atoms with van der Waals surface area (Å²) in [5, 5.41) is 17.4. The molecule has 0 aliphatic heterocycles. The molecular formula is C9H11NO4. The van der Waals surface area contributed by atoms with Crippen LogP contribution in [0.3, 0.4) is 0 Å². The van der Waals surface area contributed by atoms with Gasteiger partial charge in [-0.3, -0.25) is 4.79 Å². The van der Waals surface area contributed by atoms with Crippen molar-refractivity contribution in [2.75, 3.05) is 0 Å². The van der Waals surface area contributed by atoms with E-state index in [4.69, 9.17) is 10.2 Å². The summed E-state index contributed by atoms with van der Waals surface area (Å²) in [6, 6.07) is 1.47. The average molecular weight is 197 g/mol. The minimum Gasteiger partial charge on any atom is -0.481 e. The fourth-order valence-corrected chi connectivity index (χ4v) is 1.32. The predicted molar refractivity (Wildman–Crippen MR) is 48.4 cm³/mol. The Labute approximate surface area is 80.6 Å². The Morgan fingerprint density at radius 2 is 2.00 bits per heavy atom. The highest BCUT2D eigenvalue weighted by atomic mass is 16.4. The minimum absolute atomic E-state index is 0.0624. The van der Waals surface area contributed by atoms with Crippen LogP contribution >= 0.6 is 0 Å². The number of nitrogens with zero attached hydrogens (tertiary/aromatic N) is 1. The lowest BCUT2D eigenvalue weighted by Gasteiger charge is -2.03. The third-order valence-corrected chi connectivity index (χ3v) is 2.15. The van der Waals surface area contributed by atoms with E-state index in [2.05, 4.69) is 0 Å². The molecule has 1 aromatic heterocycles. The van der Waals surface area contributed by atoms with Gasteiger partial charge in [0.05, 0.1) is 12.0 Å². The molecule has 0 radical (unpaired) electrons. The fraction of sp³-hybridized carbons (Fsp3) is 0.333. The zero-order valence-corrected chi connectivity index (χ0v) is 7.94. The first-order chi connectivity index (χ1) is 6.43. The second-order valence-electron chi connectivity index (χ2n) is 3.08. The van der Waals surface area contributed by atoms with Gasteiger partial charge >= 0.3 is 11.9 Å². The highest BCUT2D eigenvalue weighted by molar-refractivity contribution is 5.90. The number of aliphatic carboxylic acids is 1. The fourth-order valence-electron chi connectivity index (χ4n) is 1.32. The summed E-state index contributed by atoms with van der Waals surface area (Å²) in [5.74, 6) is -2.13. The number of carboxylic acid groups (broad SMARTS) is 2. The van der Waals surface area contributed by atoms with Gasteiger partial charge in [-0.2, -0.15) is 0 Å². The molecule has 0 fully saturated rings. The first-order valence-corrected chi connectivity index (χ1v) is 4.03. The lowest BCUT2D eigenvalue weighted by Crippen LogP contribution is -2.10. The maximum absolute atomic E-state index is 10.8. The Balaban J connectivity index is 3.23. The van der Waals surface area contributed by atoms with Crippen LogP contribution in [0.2, 0.25) is 0 Å². The van der Waals surface area contributed by atoms with Crippen molar-refractivity contribution >= 4 is 11.9 Å². The van der Waals surface area contributed by atoms with Gasteiger partial charge in [-0.25, -0.2) is 4.79 Å². The van der Waals surface area contributed by atoms with Crippen molar-refractivity contribution in [3.63, 3.8) is 0 Å². The van der Waals surface area contributed by atoms with E-state index in [1.165, 1.54) is 6.07 Å². The van der Waals surface area contributed by atoms with Crippen molar-refractivity contribution < 1.29 is 19.8 Å². The van der Waals surface area contributed by atoms with E-state index in [1.807, 2.05) is 0 Å². The van der Waals surface area contributed by atoms with E-state index in [0.29, 0.717) is 5.69 Å². The molecule has 0 bridgehead atoms. The van der Waals surface area contributed by atoms with Gasteiger partial charge in [-0.05, 0) is 13.0 Å². The maximum atomic E-state index is 10.8. The number of aryl methyl sites for hydroxylation is 1. The summed E-state index contributed by atoms with van der Waals surface area (Å²) in [5.41, 5.74) is 1.12. The third kappa shape index (κ3) is 1.76. The molecule has 2 N–H and O–H groups in total. The second kappa shape index (κ2) is 3.53. The SMILES string of the molecule is Cc1cc(C(=O)O)c(CC(=O)O)n1C. The normalized spacial score (nSPS) is 10.1. The Kier molecular flexibility index (Phi) is 2.60. The van der Waals surface area contributed by atoms with Crippen LogP contribution in [0.1, 0.15) is 21.7 Å². The van der Waals surface area contributed by atoms with Gasteiger partial charge < -0.3 is 14.8 Å². The molecule has 0 aromatic carbocycles. The lowest BCUT2D eigenvalue weighted by molar-refractivity contribution is -0.136. The van der Waals surface area contributed by atoms with Crippen molar-refractivity contribution in [3.05, 3.63) is 23.0 Å². The van der Waals surface area contributed by atoms with Gasteiger partial charge in [0.15, 0.2) is 0 Å². The summed E-state index contributed by atoms with van der Waals surface area (Å²) in [7, 11) is 1.65. The monoisotopic (exact) mass is 197 g/mol. The molecule has 14 heavy (non-hydrogen) atoms. The molecular weight excluding hydrogens is 186 g/mol. The van der Waals surface area contributed by atoms with E-state index in [-0.39, 0.29) is 12.0 Å². The Bertz CT molecular complexity index is 392. The summed E-state index contributed by atoms with van der Waals surface area (Å²) >= 11 is 0. The maximum Gasteiger partial charge on any atom is 0.337 e. The van der Waals surface area contributed by atoms with E-state index < -0.39 is 11.9 Å². The lowest BCUT2D eigenvalue weighted by atomic mass is 10.2. The Hall–Kier alpha value is -1.78. The zero-order chi connectivity index (χ0) is 10.9. The molecule has 1 heterocycles. The molecule has 76 valence electrons. The minimum atomic E-state index is -1.09. The standard InChI is InChI=1S/C9H11NO4/c1-5-3-6(9(13)14)7(10(5)2)4-8(11)12/h3H,4H2,1-2H3,(H,11,12)(H,13,14). The van der Waals surface area contributed by atoms with Gasteiger partial charge in [0.25, 0.3) is 0 Å². The van der Waals surface area contributed by atoms with Crippen LogP contribution in [0, 0.1) is 6.92 Å². The van der Waals surface area contributed by atoms with E-state index in [0.717, 1.165) is 5.69 Å². The predicted octanol–water partition coefficient (Wildman–Crippen LogP) is 0.659. The van der Waals surface area contributed by atoms with Crippen molar-refractivity contribution in [1.29, 1.82) is 0 Å². The first kappa shape index (κ1) is 10.3. The molecule has 5 heteroatoms. The van der Waals surface area contributed by atoms with E-state index in [1.54, 1.807) is 18.5 Å². The molecule has 0 aliphatic rings. The number of aromatic nitrogens is 1. The van der Waals surface area contributed by atoms with Gasteiger partial charge in [-0.15, -0.1) is 0 Å². The van der Waals surface area contributed by atoms with Gasteiger partial charge in [0, 0.05) is 18.4 Å². The van der Waals surface area contributed by atoms with Gasteiger partial charge in [0.2, 0.25) is 0 Å². The van der Waals surface area contributed by atoms with Crippen LogP contribution < -0.4 is 0 Å². The summed E-state index contributed by atoms with van der Waals surface area (Å²) in [6.07, 6.45) is -0.272. The molecule has 0 saturated carbocycles. The van der Waals surface area contributed by atoms with Crippen LogP contribution in [0.5, 0.6) is 0 Å². The summed E-state index contributed by atoms with van der Waals surface area (Å²) in [6.45, 7) is 1.73. The Morgan fingerprint density at radius 3 is 2.43 bits per heavy atom. The van der Waals surface area contributed by atoms with Crippen LogP contribution in [0.15, 0.2) is 6.07 Å². The Morgan fingerprint density at radius 1 is 1.43 bits per heavy atom. The molecule has 0 unspecified atom stereocenters. The summed E-state index contributed by atoms with van der Waals surface area (Å²) < 4.78 is 1.58. The van der Waals surface area contributed by atoms with Crippen molar-refractivity contribution in [3.8, 4) is 0 Å². The molecule has 0 saturated heterocycles. The number of hydrogen-bond donors (Lipinski definition) is 2. The largest absolute Gasteiger partial charge is 0.481 e. The molecule has 0 aliphatic carbocycles. The number of aromatic carboxylic acids is 1. The van der Waals surface area contributed by atoms with Crippen molar-refractivity contribution in [2.24, 2.45) is 7.05 Å². The molecule has 0 atom stereocenters.